The SMILES string of the molecule is C/C(=N/N=C1/SCC(=O)N1c1ccccc1)c1ccc(C)cc1. The summed E-state index contributed by atoms with van der Waals surface area (Å²) in [5.41, 5.74) is 3.88. The van der Waals surface area contributed by atoms with Gasteiger partial charge in [0.25, 0.3) is 0 Å². The number of amides is 1. The van der Waals surface area contributed by atoms with Crippen LogP contribution in [-0.2, 0) is 4.79 Å². The number of aryl methyl sites for hydroxylation is 1. The van der Waals surface area contributed by atoms with E-state index in [0.29, 0.717) is 10.9 Å². The van der Waals surface area contributed by atoms with E-state index in [-0.39, 0.29) is 5.91 Å². The van der Waals surface area contributed by atoms with E-state index in [1.165, 1.54) is 17.3 Å². The van der Waals surface area contributed by atoms with Crippen molar-refractivity contribution >= 4 is 34.2 Å². The number of para-hydroxylation sites is 1. The number of hydrogen-bond donors (Lipinski definition) is 0. The molecule has 1 aliphatic rings. The lowest BCUT2D eigenvalue weighted by molar-refractivity contribution is -0.115. The first-order valence-electron chi connectivity index (χ1n) is 7.35. The van der Waals surface area contributed by atoms with Crippen molar-refractivity contribution in [1.82, 2.24) is 0 Å². The summed E-state index contributed by atoms with van der Waals surface area (Å²) >= 11 is 1.41. The number of carbonyl (C=O) groups excluding carboxylic acids is 1. The van der Waals surface area contributed by atoms with Gasteiger partial charge >= 0.3 is 0 Å². The van der Waals surface area contributed by atoms with Crippen LogP contribution in [0.3, 0.4) is 0 Å². The van der Waals surface area contributed by atoms with Gasteiger partial charge in [-0.25, -0.2) is 0 Å². The average Bonchev–Trinajstić information content (AvgIpc) is 2.95. The zero-order valence-electron chi connectivity index (χ0n) is 13.1. The highest BCUT2D eigenvalue weighted by molar-refractivity contribution is 8.15. The first-order valence-corrected chi connectivity index (χ1v) is 8.34. The molecule has 3 rings (SSSR count). The molecule has 0 aromatic heterocycles. The van der Waals surface area contributed by atoms with Crippen LogP contribution in [0, 0.1) is 6.92 Å². The van der Waals surface area contributed by atoms with Crippen LogP contribution in [0.2, 0.25) is 0 Å². The van der Waals surface area contributed by atoms with E-state index in [9.17, 15) is 4.79 Å². The van der Waals surface area contributed by atoms with Crippen molar-refractivity contribution in [1.29, 1.82) is 0 Å². The minimum atomic E-state index is 0.0307. The summed E-state index contributed by atoms with van der Waals surface area (Å²) in [4.78, 5) is 13.7. The monoisotopic (exact) mass is 323 g/mol. The van der Waals surface area contributed by atoms with Crippen LogP contribution in [0.25, 0.3) is 0 Å². The van der Waals surface area contributed by atoms with Crippen LogP contribution < -0.4 is 4.90 Å². The first-order chi connectivity index (χ1) is 11.1. The van der Waals surface area contributed by atoms with Crippen molar-refractivity contribution in [2.24, 2.45) is 10.2 Å². The van der Waals surface area contributed by atoms with Crippen LogP contribution in [0.15, 0.2) is 64.8 Å². The van der Waals surface area contributed by atoms with E-state index in [1.807, 2.05) is 61.5 Å². The third-order valence-electron chi connectivity index (χ3n) is 3.53. The number of benzene rings is 2. The molecule has 116 valence electrons. The fourth-order valence-corrected chi connectivity index (χ4v) is 3.05. The highest BCUT2D eigenvalue weighted by Crippen LogP contribution is 2.26. The largest absolute Gasteiger partial charge is 0.273 e. The van der Waals surface area contributed by atoms with E-state index in [2.05, 4.69) is 17.1 Å². The number of carbonyl (C=O) groups is 1. The third kappa shape index (κ3) is 3.51. The molecule has 1 fully saturated rings. The molecule has 0 bridgehead atoms. The van der Waals surface area contributed by atoms with Gasteiger partial charge in [0.15, 0.2) is 5.17 Å². The number of hydrogen-bond acceptors (Lipinski definition) is 4. The molecule has 0 radical (unpaired) electrons. The van der Waals surface area contributed by atoms with E-state index < -0.39 is 0 Å². The van der Waals surface area contributed by atoms with Gasteiger partial charge in [-0.1, -0.05) is 59.8 Å². The van der Waals surface area contributed by atoms with E-state index in [4.69, 9.17) is 0 Å². The fraction of sp³-hybridized carbons (Fsp3) is 0.167. The summed E-state index contributed by atoms with van der Waals surface area (Å²) in [5.74, 6) is 0.426. The maximum Gasteiger partial charge on any atom is 0.243 e. The van der Waals surface area contributed by atoms with Crippen molar-refractivity contribution in [3.63, 3.8) is 0 Å². The van der Waals surface area contributed by atoms with Gasteiger partial charge in [-0.2, -0.15) is 5.10 Å². The van der Waals surface area contributed by atoms with Gasteiger partial charge in [-0.15, -0.1) is 5.10 Å². The average molecular weight is 323 g/mol. The summed E-state index contributed by atoms with van der Waals surface area (Å²) < 4.78 is 0. The molecule has 2 aromatic rings. The standard InChI is InChI=1S/C18H17N3OS/c1-13-8-10-15(11-9-13)14(2)19-20-18-21(17(22)12-23-18)16-6-4-3-5-7-16/h3-11H,12H2,1-2H3/b19-14-,20-18+. The molecular weight excluding hydrogens is 306 g/mol. The highest BCUT2D eigenvalue weighted by Gasteiger charge is 2.29. The molecule has 1 amide bonds. The number of rotatable bonds is 3. The molecule has 0 atom stereocenters. The van der Waals surface area contributed by atoms with Gasteiger partial charge in [0.1, 0.15) is 0 Å². The summed E-state index contributed by atoms with van der Waals surface area (Å²) in [5, 5.41) is 9.23. The van der Waals surface area contributed by atoms with Gasteiger partial charge in [0.05, 0.1) is 17.2 Å². The van der Waals surface area contributed by atoms with Crippen LogP contribution in [0.4, 0.5) is 5.69 Å². The van der Waals surface area contributed by atoms with Crippen LogP contribution in [0.1, 0.15) is 18.1 Å². The predicted molar refractivity (Wildman–Crippen MR) is 97.2 cm³/mol. The molecule has 1 aliphatic heterocycles. The number of amidine groups is 1. The van der Waals surface area contributed by atoms with E-state index >= 15 is 0 Å². The van der Waals surface area contributed by atoms with Crippen LogP contribution in [-0.4, -0.2) is 22.5 Å². The molecule has 0 spiro atoms. The van der Waals surface area contributed by atoms with Crippen LogP contribution >= 0.6 is 11.8 Å². The quantitative estimate of drug-likeness (QED) is 0.636. The van der Waals surface area contributed by atoms with E-state index in [1.54, 1.807) is 4.90 Å². The molecule has 1 saturated heterocycles. The lowest BCUT2D eigenvalue weighted by atomic mass is 10.1. The zero-order chi connectivity index (χ0) is 16.2. The Labute approximate surface area is 139 Å². The molecule has 0 saturated carbocycles. The van der Waals surface area contributed by atoms with Crippen molar-refractivity contribution in [2.75, 3.05) is 10.7 Å². The molecule has 0 unspecified atom stereocenters. The van der Waals surface area contributed by atoms with E-state index in [0.717, 1.165) is 17.0 Å². The summed E-state index contributed by atoms with van der Waals surface area (Å²) in [6.45, 7) is 3.97. The topological polar surface area (TPSA) is 45.0 Å². The molecular formula is C18H17N3OS. The lowest BCUT2D eigenvalue weighted by Gasteiger charge is -2.14. The van der Waals surface area contributed by atoms with Crippen molar-refractivity contribution in [3.05, 3.63) is 65.7 Å². The second-order valence-corrected chi connectivity index (χ2v) is 6.23. The Morgan fingerprint density at radius 1 is 1.09 bits per heavy atom. The molecule has 4 nitrogen and oxygen atoms in total. The van der Waals surface area contributed by atoms with Crippen molar-refractivity contribution < 1.29 is 4.79 Å². The summed E-state index contributed by atoms with van der Waals surface area (Å²) in [6, 6.07) is 17.7. The van der Waals surface area contributed by atoms with Gasteiger partial charge in [-0.3, -0.25) is 9.69 Å². The third-order valence-corrected chi connectivity index (χ3v) is 4.45. The van der Waals surface area contributed by atoms with Gasteiger partial charge in [-0.05, 0) is 31.5 Å². The predicted octanol–water partition coefficient (Wildman–Crippen LogP) is 3.86. The minimum Gasteiger partial charge on any atom is -0.273 e. The second kappa shape index (κ2) is 6.79. The second-order valence-electron chi connectivity index (χ2n) is 5.29. The maximum absolute atomic E-state index is 12.1. The number of nitrogens with zero attached hydrogens (tertiary/aromatic N) is 3. The smallest absolute Gasteiger partial charge is 0.243 e. The molecule has 0 aliphatic carbocycles. The lowest BCUT2D eigenvalue weighted by Crippen LogP contribution is -2.28. The molecule has 0 N–H and O–H groups in total. The minimum absolute atomic E-state index is 0.0307. The summed E-state index contributed by atoms with van der Waals surface area (Å²) in [6.07, 6.45) is 0. The normalized spacial score (nSPS) is 17.1. The molecule has 2 aromatic carbocycles. The van der Waals surface area contributed by atoms with Crippen molar-refractivity contribution in [3.8, 4) is 0 Å². The maximum atomic E-state index is 12.1. The Morgan fingerprint density at radius 3 is 2.48 bits per heavy atom. The Morgan fingerprint density at radius 2 is 1.78 bits per heavy atom. The molecule has 1 heterocycles. The summed E-state index contributed by atoms with van der Waals surface area (Å²) in [7, 11) is 0. The molecule has 23 heavy (non-hydrogen) atoms. The van der Waals surface area contributed by atoms with Crippen molar-refractivity contribution in [2.45, 2.75) is 13.8 Å². The Balaban J connectivity index is 1.87. The fourth-order valence-electron chi connectivity index (χ4n) is 2.24. The Kier molecular flexibility index (Phi) is 4.57. The Hall–Kier alpha value is -2.40. The Bertz CT molecular complexity index is 767. The van der Waals surface area contributed by atoms with Crippen LogP contribution in [0.5, 0.6) is 0 Å². The highest BCUT2D eigenvalue weighted by atomic mass is 32.2. The zero-order valence-corrected chi connectivity index (χ0v) is 13.9. The van der Waals surface area contributed by atoms with Gasteiger partial charge < -0.3 is 0 Å². The van der Waals surface area contributed by atoms with Gasteiger partial charge in [0.2, 0.25) is 5.91 Å². The molecule has 5 heteroatoms. The number of thioether (sulfide) groups is 1. The van der Waals surface area contributed by atoms with Gasteiger partial charge in [0, 0.05) is 0 Å². The number of anilines is 1. The first kappa shape index (κ1) is 15.5.